The molecule has 0 saturated carbocycles. The van der Waals surface area contributed by atoms with Crippen LogP contribution in [-0.4, -0.2) is 23.3 Å². The van der Waals surface area contributed by atoms with Crippen LogP contribution in [0.4, 0.5) is 11.4 Å². The number of para-hydroxylation sites is 2. The predicted molar refractivity (Wildman–Crippen MR) is 124 cm³/mol. The second kappa shape index (κ2) is 9.82. The van der Waals surface area contributed by atoms with Crippen molar-refractivity contribution in [2.45, 2.75) is 31.2 Å². The largest absolute Gasteiger partial charge is 0.374 e. The van der Waals surface area contributed by atoms with Gasteiger partial charge in [-0.25, -0.2) is 0 Å². The van der Waals surface area contributed by atoms with E-state index in [4.69, 9.17) is 17.2 Å². The molecule has 0 spiro atoms. The Kier molecular flexibility index (Phi) is 6.94. The van der Waals surface area contributed by atoms with E-state index in [9.17, 15) is 14.4 Å². The highest BCUT2D eigenvalue weighted by Crippen LogP contribution is 2.40. The Bertz CT molecular complexity index is 1060. The van der Waals surface area contributed by atoms with E-state index in [0.29, 0.717) is 18.5 Å². The van der Waals surface area contributed by atoms with E-state index in [1.165, 1.54) is 0 Å². The molecule has 8 nitrogen and oxygen atoms in total. The first kappa shape index (κ1) is 22.6. The summed E-state index contributed by atoms with van der Waals surface area (Å²) in [5.74, 6) is -1.87. The molecule has 1 aliphatic rings. The molecule has 32 heavy (non-hydrogen) atoms. The fourth-order valence-corrected chi connectivity index (χ4v) is 3.89. The van der Waals surface area contributed by atoms with Crippen molar-refractivity contribution in [3.05, 3.63) is 83.6 Å². The minimum Gasteiger partial charge on any atom is -0.374 e. The summed E-state index contributed by atoms with van der Waals surface area (Å²) in [5.41, 5.74) is 18.1. The molecule has 0 aliphatic heterocycles. The van der Waals surface area contributed by atoms with Crippen LogP contribution in [0, 0.1) is 0 Å². The van der Waals surface area contributed by atoms with Crippen LogP contribution < -0.4 is 27.8 Å². The van der Waals surface area contributed by atoms with Crippen LogP contribution in [0.5, 0.6) is 0 Å². The minimum absolute atomic E-state index is 0.0660. The van der Waals surface area contributed by atoms with Crippen LogP contribution in [0.15, 0.2) is 83.6 Å². The summed E-state index contributed by atoms with van der Waals surface area (Å²) in [7, 11) is 0. The van der Waals surface area contributed by atoms with E-state index in [-0.39, 0.29) is 24.0 Å². The van der Waals surface area contributed by atoms with Gasteiger partial charge in [0.05, 0.1) is 5.54 Å². The molecule has 3 amide bonds. The highest BCUT2D eigenvalue weighted by atomic mass is 16.2. The molecule has 8 heteroatoms. The molecule has 1 atom stereocenters. The maximum Gasteiger partial charge on any atom is 0.249 e. The summed E-state index contributed by atoms with van der Waals surface area (Å²) < 4.78 is 0. The molecule has 0 fully saturated rings. The topological polar surface area (TPSA) is 153 Å². The van der Waals surface area contributed by atoms with Crippen molar-refractivity contribution < 1.29 is 14.4 Å². The highest BCUT2D eigenvalue weighted by molar-refractivity contribution is 6.06. The third kappa shape index (κ3) is 5.34. The van der Waals surface area contributed by atoms with Crippen LogP contribution in [0.1, 0.15) is 25.7 Å². The number of amides is 3. The Morgan fingerprint density at radius 3 is 1.97 bits per heavy atom. The monoisotopic (exact) mass is 433 g/mol. The smallest absolute Gasteiger partial charge is 0.249 e. The van der Waals surface area contributed by atoms with Crippen LogP contribution in [0.3, 0.4) is 0 Å². The van der Waals surface area contributed by atoms with E-state index >= 15 is 0 Å². The lowest BCUT2D eigenvalue weighted by Crippen LogP contribution is -2.47. The number of nitrogens with two attached hydrogens (primary N) is 3. The van der Waals surface area contributed by atoms with E-state index in [2.05, 4.69) is 10.6 Å². The molecule has 0 heterocycles. The molecular weight excluding hydrogens is 406 g/mol. The summed E-state index contributed by atoms with van der Waals surface area (Å²) in [5, 5.41) is 6.87. The van der Waals surface area contributed by atoms with Crippen LogP contribution in [-0.2, 0) is 14.4 Å². The zero-order valence-electron chi connectivity index (χ0n) is 17.6. The average molecular weight is 434 g/mol. The van der Waals surface area contributed by atoms with Crippen LogP contribution in [0.25, 0.3) is 0 Å². The van der Waals surface area contributed by atoms with Crippen molar-refractivity contribution in [3.63, 3.8) is 0 Å². The number of hydrogen-bond acceptors (Lipinski definition) is 5. The lowest BCUT2D eigenvalue weighted by Gasteiger charge is -2.41. The first-order chi connectivity index (χ1) is 15.3. The Morgan fingerprint density at radius 1 is 0.844 bits per heavy atom. The number of carbonyl (C=O) groups excluding carboxylic acids is 3. The van der Waals surface area contributed by atoms with Gasteiger partial charge in [-0.15, -0.1) is 0 Å². The summed E-state index contributed by atoms with van der Waals surface area (Å²) in [6, 6.07) is 18.9. The van der Waals surface area contributed by atoms with E-state index in [0.717, 1.165) is 11.4 Å². The fourth-order valence-electron chi connectivity index (χ4n) is 3.89. The van der Waals surface area contributed by atoms with Gasteiger partial charge in [-0.2, -0.15) is 0 Å². The van der Waals surface area contributed by atoms with Crippen molar-refractivity contribution in [2.24, 2.45) is 17.2 Å². The standard InChI is InChI=1S/C24H27N5O3/c25-21(30)12-7-13-24(29-17-10-5-2-6-11-17)15-19(23(27)32)18(22(26)31)14-20(24)28-16-8-3-1-4-9-16/h1-6,8-11,14,28-29H,7,12-13,15H2,(H2,25,30)(H2,26,31)(H2,27,32). The zero-order valence-corrected chi connectivity index (χ0v) is 17.6. The molecule has 1 aliphatic carbocycles. The molecule has 3 rings (SSSR count). The van der Waals surface area contributed by atoms with Crippen LogP contribution in [0.2, 0.25) is 0 Å². The zero-order chi connectivity index (χ0) is 23.1. The SMILES string of the molecule is NC(=O)CCCC1(Nc2ccccc2)CC(C(N)=O)=C(C(N)=O)C=C1Nc1ccccc1. The molecule has 1 unspecified atom stereocenters. The molecule has 0 saturated heterocycles. The summed E-state index contributed by atoms with van der Waals surface area (Å²) in [4.78, 5) is 35.8. The van der Waals surface area contributed by atoms with Gasteiger partial charge in [0, 0.05) is 41.1 Å². The van der Waals surface area contributed by atoms with Crippen molar-refractivity contribution in [3.8, 4) is 0 Å². The van der Waals surface area contributed by atoms with Gasteiger partial charge in [0.1, 0.15) is 0 Å². The van der Waals surface area contributed by atoms with Gasteiger partial charge in [-0.05, 0) is 43.2 Å². The normalized spacial score (nSPS) is 17.9. The molecular formula is C24H27N5O3. The average Bonchev–Trinajstić information content (AvgIpc) is 2.76. The third-order valence-electron chi connectivity index (χ3n) is 5.41. The quantitative estimate of drug-likeness (QED) is 0.388. The summed E-state index contributed by atoms with van der Waals surface area (Å²) in [6.07, 6.45) is 2.76. The number of hydrogen-bond donors (Lipinski definition) is 5. The van der Waals surface area contributed by atoms with E-state index < -0.39 is 23.3 Å². The summed E-state index contributed by atoms with van der Waals surface area (Å²) in [6.45, 7) is 0. The number of anilines is 2. The molecule has 0 aromatic heterocycles. The van der Waals surface area contributed by atoms with E-state index in [1.807, 2.05) is 60.7 Å². The van der Waals surface area contributed by atoms with Crippen molar-refractivity contribution in [1.82, 2.24) is 0 Å². The Hall–Kier alpha value is -4.07. The number of carbonyl (C=O) groups is 3. The molecule has 8 N–H and O–H groups in total. The van der Waals surface area contributed by atoms with Crippen molar-refractivity contribution in [1.29, 1.82) is 0 Å². The molecule has 2 aromatic rings. The van der Waals surface area contributed by atoms with Gasteiger partial charge in [0.25, 0.3) is 0 Å². The number of nitrogens with one attached hydrogen (secondary N) is 2. The van der Waals surface area contributed by atoms with Crippen LogP contribution >= 0.6 is 0 Å². The van der Waals surface area contributed by atoms with E-state index in [1.54, 1.807) is 6.08 Å². The fraction of sp³-hybridized carbons (Fsp3) is 0.208. The highest BCUT2D eigenvalue weighted by Gasteiger charge is 2.41. The van der Waals surface area contributed by atoms with Gasteiger partial charge in [0.2, 0.25) is 17.7 Å². The Labute approximate surface area is 186 Å². The third-order valence-corrected chi connectivity index (χ3v) is 5.41. The predicted octanol–water partition coefficient (Wildman–Crippen LogP) is 2.16. The molecule has 2 aromatic carbocycles. The number of primary amides is 3. The first-order valence-corrected chi connectivity index (χ1v) is 10.3. The van der Waals surface area contributed by atoms with Crippen molar-refractivity contribution in [2.75, 3.05) is 10.6 Å². The van der Waals surface area contributed by atoms with Gasteiger partial charge in [-0.1, -0.05) is 36.4 Å². The van der Waals surface area contributed by atoms with Gasteiger partial charge in [-0.3, -0.25) is 14.4 Å². The lowest BCUT2D eigenvalue weighted by molar-refractivity contribution is -0.118. The van der Waals surface area contributed by atoms with Gasteiger partial charge >= 0.3 is 0 Å². The summed E-state index contributed by atoms with van der Waals surface area (Å²) >= 11 is 0. The van der Waals surface area contributed by atoms with Crippen molar-refractivity contribution >= 4 is 29.1 Å². The molecule has 0 radical (unpaired) electrons. The number of benzene rings is 2. The minimum atomic E-state index is -0.865. The maximum atomic E-state index is 12.3. The maximum absolute atomic E-state index is 12.3. The Morgan fingerprint density at radius 2 is 1.44 bits per heavy atom. The number of rotatable bonds is 10. The second-order valence-corrected chi connectivity index (χ2v) is 7.74. The van der Waals surface area contributed by atoms with Gasteiger partial charge < -0.3 is 27.8 Å². The molecule has 166 valence electrons. The molecule has 0 bridgehead atoms. The van der Waals surface area contributed by atoms with Gasteiger partial charge in [0.15, 0.2) is 0 Å². The Balaban J connectivity index is 2.12. The first-order valence-electron chi connectivity index (χ1n) is 10.3. The lowest BCUT2D eigenvalue weighted by atomic mass is 9.76. The second-order valence-electron chi connectivity index (χ2n) is 7.74.